The van der Waals surface area contributed by atoms with Gasteiger partial charge < -0.3 is 14.0 Å². The van der Waals surface area contributed by atoms with Crippen LogP contribution >= 0.6 is 0 Å². The molecule has 0 aromatic heterocycles. The van der Waals surface area contributed by atoms with Crippen LogP contribution in [0.3, 0.4) is 0 Å². The summed E-state index contributed by atoms with van der Waals surface area (Å²) < 4.78 is 42.1. The fourth-order valence-electron chi connectivity index (χ4n) is 2.70. The second-order valence-corrected chi connectivity index (χ2v) is 8.12. The van der Waals surface area contributed by atoms with Crippen LogP contribution in [0.2, 0.25) is 0 Å². The van der Waals surface area contributed by atoms with Crippen molar-refractivity contribution in [3.8, 4) is 5.75 Å². The summed E-state index contributed by atoms with van der Waals surface area (Å²) in [5.41, 5.74) is 1.33. The Morgan fingerprint density at radius 2 is 1.48 bits per heavy atom. The monoisotopic (exact) mass is 408 g/mol. The van der Waals surface area contributed by atoms with E-state index in [4.69, 9.17) is 9.47 Å². The molecule has 0 N–H and O–H groups in total. The van der Waals surface area contributed by atoms with E-state index < -0.39 is 10.1 Å². The van der Waals surface area contributed by atoms with Gasteiger partial charge >= 0.3 is 29.6 Å². The van der Waals surface area contributed by atoms with Crippen molar-refractivity contribution in [3.63, 3.8) is 0 Å². The Bertz CT molecular complexity index is 560. The smallest absolute Gasteiger partial charge is 0.748 e. The summed E-state index contributed by atoms with van der Waals surface area (Å²) in [5.74, 6) is 0.424. The Kier molecular flexibility index (Phi) is 16.7. The SMILES string of the molecule is CCCCCCCCCc1ccc(OCCOCCCS(=O)(=O)[O-])cc1.[Na+]. The number of hydrogen-bond acceptors (Lipinski definition) is 5. The van der Waals surface area contributed by atoms with Crippen molar-refractivity contribution >= 4 is 10.1 Å². The van der Waals surface area contributed by atoms with Crippen molar-refractivity contribution in [1.82, 2.24) is 0 Å². The molecule has 150 valence electrons. The van der Waals surface area contributed by atoms with Crippen molar-refractivity contribution in [1.29, 1.82) is 0 Å². The molecule has 0 fully saturated rings. The average Bonchev–Trinajstić information content (AvgIpc) is 2.60. The maximum absolute atomic E-state index is 10.4. The van der Waals surface area contributed by atoms with E-state index in [1.165, 1.54) is 50.5 Å². The quantitative estimate of drug-likeness (QED) is 0.234. The molecule has 0 saturated heterocycles. The van der Waals surface area contributed by atoms with E-state index in [2.05, 4.69) is 19.1 Å². The molecule has 0 aliphatic rings. The number of hydrogen-bond donors (Lipinski definition) is 0. The predicted octanol–water partition coefficient (Wildman–Crippen LogP) is 1.31. The van der Waals surface area contributed by atoms with E-state index in [1.807, 2.05) is 12.1 Å². The van der Waals surface area contributed by atoms with Gasteiger partial charge in [-0.15, -0.1) is 0 Å². The van der Waals surface area contributed by atoms with Crippen LogP contribution in [0.25, 0.3) is 0 Å². The number of rotatable bonds is 16. The van der Waals surface area contributed by atoms with E-state index in [1.54, 1.807) is 0 Å². The first-order chi connectivity index (χ1) is 12.5. The van der Waals surface area contributed by atoms with Crippen LogP contribution in [0, 0.1) is 0 Å². The molecular formula is C20H33NaO5S. The third kappa shape index (κ3) is 16.5. The van der Waals surface area contributed by atoms with Gasteiger partial charge in [-0.1, -0.05) is 57.6 Å². The fraction of sp³-hybridized carbons (Fsp3) is 0.700. The molecule has 0 saturated carbocycles. The normalized spacial score (nSPS) is 11.2. The van der Waals surface area contributed by atoms with Gasteiger partial charge in [0.05, 0.1) is 16.7 Å². The van der Waals surface area contributed by atoms with E-state index in [-0.39, 0.29) is 48.3 Å². The third-order valence-corrected chi connectivity index (χ3v) is 4.96. The number of unbranched alkanes of at least 4 members (excludes halogenated alkanes) is 6. The van der Waals surface area contributed by atoms with Gasteiger partial charge in [0.2, 0.25) is 0 Å². The molecule has 5 nitrogen and oxygen atoms in total. The zero-order chi connectivity index (χ0) is 19.1. The maximum Gasteiger partial charge on any atom is 1.00 e. The van der Waals surface area contributed by atoms with E-state index in [9.17, 15) is 13.0 Å². The van der Waals surface area contributed by atoms with Crippen LogP contribution in [0.5, 0.6) is 5.75 Å². The Labute approximate surface area is 187 Å². The van der Waals surface area contributed by atoms with Crippen LogP contribution in [-0.4, -0.2) is 38.5 Å². The van der Waals surface area contributed by atoms with Crippen molar-refractivity contribution in [3.05, 3.63) is 29.8 Å². The molecule has 0 atom stereocenters. The van der Waals surface area contributed by atoms with Crippen LogP contribution in [0.1, 0.15) is 63.9 Å². The number of aryl methyl sites for hydroxylation is 1. The van der Waals surface area contributed by atoms with Gasteiger partial charge in [-0.25, -0.2) is 8.42 Å². The summed E-state index contributed by atoms with van der Waals surface area (Å²) in [4.78, 5) is 0. The zero-order valence-corrected chi connectivity index (χ0v) is 19.8. The molecule has 0 aliphatic carbocycles. The molecule has 0 radical (unpaired) electrons. The first-order valence-corrected chi connectivity index (χ1v) is 11.3. The van der Waals surface area contributed by atoms with Gasteiger partial charge in [0.25, 0.3) is 0 Å². The van der Waals surface area contributed by atoms with Crippen molar-refractivity contribution in [2.24, 2.45) is 0 Å². The first-order valence-electron chi connectivity index (χ1n) is 9.74. The molecule has 27 heavy (non-hydrogen) atoms. The van der Waals surface area contributed by atoms with Crippen LogP contribution < -0.4 is 34.3 Å². The summed E-state index contributed by atoms with van der Waals surface area (Å²) in [6.07, 6.45) is 10.6. The molecule has 0 spiro atoms. The van der Waals surface area contributed by atoms with Gasteiger partial charge in [0, 0.05) is 12.4 Å². The van der Waals surface area contributed by atoms with Gasteiger partial charge in [0.1, 0.15) is 12.4 Å². The van der Waals surface area contributed by atoms with E-state index in [0.29, 0.717) is 13.2 Å². The minimum absolute atomic E-state index is 0. The average molecular weight is 409 g/mol. The Hall–Kier alpha value is -0.110. The molecule has 1 rings (SSSR count). The van der Waals surface area contributed by atoms with E-state index >= 15 is 0 Å². The van der Waals surface area contributed by atoms with Gasteiger partial charge in [-0.3, -0.25) is 0 Å². The van der Waals surface area contributed by atoms with Crippen molar-refractivity contribution in [2.45, 2.75) is 64.7 Å². The molecule has 0 bridgehead atoms. The van der Waals surface area contributed by atoms with Gasteiger partial charge in [-0.2, -0.15) is 0 Å². The van der Waals surface area contributed by atoms with Crippen LogP contribution in [-0.2, 0) is 21.3 Å². The largest absolute Gasteiger partial charge is 1.00 e. The summed E-state index contributed by atoms with van der Waals surface area (Å²) >= 11 is 0. The standard InChI is InChI=1S/C20H34O5S.Na/c1-2-3-4-5-6-7-8-10-19-11-13-20(14-12-19)25-17-16-24-15-9-18-26(21,22)23;/h11-14H,2-10,15-18H2,1H3,(H,21,22,23);/q;+1/p-1. The fourth-order valence-corrected chi connectivity index (χ4v) is 3.17. The number of ether oxygens (including phenoxy) is 2. The summed E-state index contributed by atoms with van der Waals surface area (Å²) in [7, 11) is -4.14. The minimum Gasteiger partial charge on any atom is -0.748 e. The molecule has 0 aliphatic heterocycles. The molecule has 7 heteroatoms. The molecule has 0 heterocycles. The molecule has 1 aromatic rings. The van der Waals surface area contributed by atoms with Crippen LogP contribution in [0.15, 0.2) is 24.3 Å². The molecular weight excluding hydrogens is 375 g/mol. The molecule has 0 amide bonds. The second-order valence-electron chi connectivity index (χ2n) is 6.59. The van der Waals surface area contributed by atoms with Crippen molar-refractivity contribution in [2.75, 3.05) is 25.6 Å². The number of benzene rings is 1. The maximum atomic E-state index is 10.4. The van der Waals surface area contributed by atoms with E-state index in [0.717, 1.165) is 12.2 Å². The van der Waals surface area contributed by atoms with Crippen molar-refractivity contribution < 1.29 is 52.0 Å². The summed E-state index contributed by atoms with van der Waals surface area (Å²) in [6.45, 7) is 3.27. The minimum atomic E-state index is -4.14. The van der Waals surface area contributed by atoms with Crippen LogP contribution in [0.4, 0.5) is 0 Å². The first kappa shape index (κ1) is 26.9. The zero-order valence-electron chi connectivity index (χ0n) is 17.0. The summed E-state index contributed by atoms with van der Waals surface area (Å²) in [5, 5.41) is 0. The van der Waals surface area contributed by atoms with Gasteiger partial charge in [-0.05, 0) is 37.0 Å². The Balaban J connectivity index is 0.00000676. The second kappa shape index (κ2) is 16.8. The topological polar surface area (TPSA) is 75.7 Å². The molecule has 1 aromatic carbocycles. The molecule has 0 unspecified atom stereocenters. The Morgan fingerprint density at radius 1 is 0.852 bits per heavy atom. The van der Waals surface area contributed by atoms with Gasteiger partial charge in [0.15, 0.2) is 0 Å². The summed E-state index contributed by atoms with van der Waals surface area (Å²) in [6, 6.07) is 8.15. The Morgan fingerprint density at radius 3 is 2.11 bits per heavy atom. The predicted molar refractivity (Wildman–Crippen MR) is 104 cm³/mol. The third-order valence-electron chi connectivity index (χ3n) is 4.17.